The molecule has 1 aliphatic rings. The first-order chi connectivity index (χ1) is 17.4. The van der Waals surface area contributed by atoms with E-state index in [4.69, 9.17) is 20.2 Å². The number of ether oxygens (including phenoxy) is 2. The molecule has 1 aliphatic heterocycles. The Labute approximate surface area is 215 Å². The molecule has 0 bridgehead atoms. The number of allylic oxidation sites excluding steroid dienone is 1. The van der Waals surface area contributed by atoms with E-state index in [-0.39, 0.29) is 13.2 Å². The zero-order valence-corrected chi connectivity index (χ0v) is 21.7. The van der Waals surface area contributed by atoms with E-state index in [2.05, 4.69) is 5.32 Å². The number of carbonyl (C=O) groups excluding carboxylic acids is 2. The minimum absolute atomic E-state index is 0.191. The van der Waals surface area contributed by atoms with Gasteiger partial charge in [0, 0.05) is 34.3 Å². The van der Waals surface area contributed by atoms with Crippen LogP contribution in [-0.4, -0.2) is 36.2 Å². The molecular weight excluding hydrogens is 474 g/mol. The molecule has 3 N–H and O–H groups in total. The first-order valence-corrected chi connectivity index (χ1v) is 12.9. The van der Waals surface area contributed by atoms with Crippen LogP contribution in [0.1, 0.15) is 44.2 Å². The highest BCUT2D eigenvalue weighted by Gasteiger charge is 2.60. The van der Waals surface area contributed by atoms with E-state index in [9.17, 15) is 9.59 Å². The largest absolute Gasteiger partial charge is 0.465 e. The number of esters is 2. The molecule has 0 saturated heterocycles. The topological polar surface area (TPSA) is 104 Å². The average molecular weight is 506 g/mol. The van der Waals surface area contributed by atoms with Gasteiger partial charge in [0.25, 0.3) is 0 Å². The van der Waals surface area contributed by atoms with Crippen molar-refractivity contribution in [3.05, 3.63) is 81.8 Å². The standard InChI is InChI=1S/C28H31N3O4S/c1-5-34-25(32)23-17(3)30-18(4)28(27(33)35-6-2,24(23)19-12-8-7-9-13-19)26-31-22(16-36-26)20-14-10-11-15-21(20)29/h7-16,18,24,30H,5-6,29H2,1-4H3. The van der Waals surface area contributed by atoms with Gasteiger partial charge in [-0.1, -0.05) is 48.5 Å². The molecule has 0 amide bonds. The molecule has 0 fully saturated rings. The number of rotatable bonds is 7. The first-order valence-electron chi connectivity index (χ1n) is 12.0. The van der Waals surface area contributed by atoms with Crippen molar-refractivity contribution >= 4 is 29.0 Å². The lowest BCUT2D eigenvalue weighted by Gasteiger charge is -2.46. The highest BCUT2D eigenvalue weighted by Crippen LogP contribution is 2.52. The molecule has 3 atom stereocenters. The maximum absolute atomic E-state index is 14.1. The lowest BCUT2D eigenvalue weighted by molar-refractivity contribution is -0.153. The van der Waals surface area contributed by atoms with Crippen LogP contribution in [0.2, 0.25) is 0 Å². The second kappa shape index (κ2) is 10.5. The quantitative estimate of drug-likeness (QED) is 0.351. The third kappa shape index (κ3) is 4.26. The SMILES string of the molecule is CCOC(=O)C1=C(C)NC(C)C(C(=O)OCC)(c2nc(-c3ccccc3N)cs2)C1c1ccccc1. The fourth-order valence-corrected chi connectivity index (χ4v) is 6.15. The summed E-state index contributed by atoms with van der Waals surface area (Å²) in [6, 6.07) is 16.6. The maximum Gasteiger partial charge on any atom is 0.336 e. The number of anilines is 1. The first kappa shape index (κ1) is 25.4. The Morgan fingerprint density at radius 3 is 2.39 bits per heavy atom. The number of hydrogen-bond donors (Lipinski definition) is 2. The van der Waals surface area contributed by atoms with Gasteiger partial charge in [0.05, 0.1) is 24.5 Å². The Bertz CT molecular complexity index is 1290. The van der Waals surface area contributed by atoms with Gasteiger partial charge in [-0.2, -0.15) is 0 Å². The van der Waals surface area contributed by atoms with E-state index in [1.165, 1.54) is 11.3 Å². The van der Waals surface area contributed by atoms with Crippen LogP contribution >= 0.6 is 11.3 Å². The third-order valence-electron chi connectivity index (χ3n) is 6.60. The van der Waals surface area contributed by atoms with Gasteiger partial charge in [-0.05, 0) is 39.3 Å². The van der Waals surface area contributed by atoms with Crippen LogP contribution in [0.4, 0.5) is 5.69 Å². The molecule has 3 aromatic rings. The van der Waals surface area contributed by atoms with Crippen molar-refractivity contribution in [3.63, 3.8) is 0 Å². The van der Waals surface area contributed by atoms with Gasteiger partial charge in [0.15, 0.2) is 5.41 Å². The van der Waals surface area contributed by atoms with Crippen LogP contribution in [0.3, 0.4) is 0 Å². The van der Waals surface area contributed by atoms with E-state index in [1.54, 1.807) is 13.8 Å². The summed E-state index contributed by atoms with van der Waals surface area (Å²) >= 11 is 1.36. The molecule has 0 saturated carbocycles. The fraction of sp³-hybridized carbons (Fsp3) is 0.321. The number of benzene rings is 2. The van der Waals surface area contributed by atoms with E-state index in [1.807, 2.05) is 73.8 Å². The Hall–Kier alpha value is -3.65. The van der Waals surface area contributed by atoms with Crippen LogP contribution in [0.5, 0.6) is 0 Å². The molecule has 3 unspecified atom stereocenters. The number of nitrogens with one attached hydrogen (secondary N) is 1. The van der Waals surface area contributed by atoms with Crippen molar-refractivity contribution in [1.29, 1.82) is 0 Å². The minimum Gasteiger partial charge on any atom is -0.465 e. The average Bonchev–Trinajstić information content (AvgIpc) is 3.35. The van der Waals surface area contributed by atoms with E-state index in [0.717, 1.165) is 11.1 Å². The number of para-hydroxylation sites is 1. The summed E-state index contributed by atoms with van der Waals surface area (Å²) in [6.45, 7) is 7.71. The Balaban J connectivity index is 2.02. The Kier molecular flexibility index (Phi) is 7.45. The summed E-state index contributed by atoms with van der Waals surface area (Å²) < 4.78 is 11.2. The van der Waals surface area contributed by atoms with E-state index >= 15 is 0 Å². The molecule has 1 aromatic heterocycles. The number of hydrogen-bond acceptors (Lipinski definition) is 8. The van der Waals surface area contributed by atoms with Crippen molar-refractivity contribution in [2.24, 2.45) is 0 Å². The number of carbonyl (C=O) groups is 2. The van der Waals surface area contributed by atoms with Crippen LogP contribution in [0, 0.1) is 0 Å². The highest BCUT2D eigenvalue weighted by molar-refractivity contribution is 7.10. The number of aromatic nitrogens is 1. The molecule has 36 heavy (non-hydrogen) atoms. The zero-order chi connectivity index (χ0) is 25.9. The number of nitrogen functional groups attached to an aromatic ring is 1. The summed E-state index contributed by atoms with van der Waals surface area (Å²) in [5.74, 6) is -1.60. The van der Waals surface area contributed by atoms with E-state index in [0.29, 0.717) is 27.7 Å². The molecule has 0 aliphatic carbocycles. The van der Waals surface area contributed by atoms with Gasteiger partial charge < -0.3 is 20.5 Å². The van der Waals surface area contributed by atoms with Crippen LogP contribution in [0.25, 0.3) is 11.3 Å². The third-order valence-corrected chi connectivity index (χ3v) is 7.59. The minimum atomic E-state index is -1.33. The lowest BCUT2D eigenvalue weighted by Crippen LogP contribution is -2.60. The summed E-state index contributed by atoms with van der Waals surface area (Å²) in [4.78, 5) is 32.4. The second-order valence-electron chi connectivity index (χ2n) is 8.68. The van der Waals surface area contributed by atoms with Gasteiger partial charge in [0.1, 0.15) is 5.01 Å². The fourth-order valence-electron chi connectivity index (χ4n) is 5.02. The molecule has 2 heterocycles. The normalized spacial score (nSPS) is 21.6. The van der Waals surface area contributed by atoms with Gasteiger partial charge in [-0.3, -0.25) is 4.79 Å². The molecule has 4 rings (SSSR count). The predicted octanol–water partition coefficient (Wildman–Crippen LogP) is 4.81. The van der Waals surface area contributed by atoms with Crippen LogP contribution in [-0.2, 0) is 24.5 Å². The monoisotopic (exact) mass is 505 g/mol. The molecule has 8 heteroatoms. The zero-order valence-electron chi connectivity index (χ0n) is 20.9. The molecular formula is C28H31N3O4S. The van der Waals surface area contributed by atoms with Gasteiger partial charge in [-0.15, -0.1) is 11.3 Å². The molecule has 7 nitrogen and oxygen atoms in total. The van der Waals surface area contributed by atoms with Crippen LogP contribution in [0.15, 0.2) is 71.2 Å². The van der Waals surface area contributed by atoms with Gasteiger partial charge >= 0.3 is 11.9 Å². The Morgan fingerprint density at radius 1 is 1.06 bits per heavy atom. The smallest absolute Gasteiger partial charge is 0.336 e. The second-order valence-corrected chi connectivity index (χ2v) is 9.54. The van der Waals surface area contributed by atoms with Crippen LogP contribution < -0.4 is 11.1 Å². The number of thiazole rings is 1. The Morgan fingerprint density at radius 2 is 1.72 bits per heavy atom. The lowest BCUT2D eigenvalue weighted by atomic mass is 9.62. The molecule has 0 spiro atoms. The van der Waals surface area contributed by atoms with Crippen molar-refractivity contribution in [2.45, 2.75) is 45.1 Å². The highest BCUT2D eigenvalue weighted by atomic mass is 32.1. The van der Waals surface area contributed by atoms with Crippen molar-refractivity contribution < 1.29 is 19.1 Å². The van der Waals surface area contributed by atoms with Gasteiger partial charge in [0.2, 0.25) is 0 Å². The molecule has 2 aromatic carbocycles. The summed E-state index contributed by atoms with van der Waals surface area (Å²) in [5, 5.41) is 5.82. The predicted molar refractivity (Wildman–Crippen MR) is 141 cm³/mol. The van der Waals surface area contributed by atoms with Gasteiger partial charge in [-0.25, -0.2) is 9.78 Å². The van der Waals surface area contributed by atoms with E-state index < -0.39 is 29.3 Å². The summed E-state index contributed by atoms with van der Waals surface area (Å²) in [6.07, 6.45) is 0. The van der Waals surface area contributed by atoms with Crippen molar-refractivity contribution in [2.75, 3.05) is 18.9 Å². The van der Waals surface area contributed by atoms with Crippen molar-refractivity contribution in [1.82, 2.24) is 10.3 Å². The maximum atomic E-state index is 14.1. The summed E-state index contributed by atoms with van der Waals surface area (Å²) in [5.41, 5.74) is 8.81. The molecule has 0 radical (unpaired) electrons. The summed E-state index contributed by atoms with van der Waals surface area (Å²) in [7, 11) is 0. The number of nitrogens with two attached hydrogens (primary N) is 1. The van der Waals surface area contributed by atoms with Crippen molar-refractivity contribution in [3.8, 4) is 11.3 Å². The number of nitrogens with zero attached hydrogens (tertiary/aromatic N) is 1. The molecule has 188 valence electrons.